The van der Waals surface area contributed by atoms with Crippen LogP contribution >= 0.6 is 15.9 Å². The number of rotatable bonds is 4. The van der Waals surface area contributed by atoms with E-state index in [2.05, 4.69) is 15.9 Å². The van der Waals surface area contributed by atoms with Gasteiger partial charge in [-0.15, -0.1) is 0 Å². The van der Waals surface area contributed by atoms with E-state index in [4.69, 9.17) is 5.73 Å². The van der Waals surface area contributed by atoms with Crippen molar-refractivity contribution in [3.8, 4) is 0 Å². The Morgan fingerprint density at radius 1 is 1.60 bits per heavy atom. The van der Waals surface area contributed by atoms with Crippen molar-refractivity contribution in [3.05, 3.63) is 34.1 Å². The molecule has 15 heavy (non-hydrogen) atoms. The third-order valence-corrected chi connectivity index (χ3v) is 3.92. The van der Waals surface area contributed by atoms with Gasteiger partial charge < -0.3 is 5.73 Å². The van der Waals surface area contributed by atoms with Gasteiger partial charge in [-0.05, 0) is 40.5 Å². The Labute approximate surface area is 99.6 Å². The summed E-state index contributed by atoms with van der Waals surface area (Å²) >= 11 is 3.09. The number of nitrogens with two attached hydrogens (primary N) is 1. The lowest BCUT2D eigenvalue weighted by Crippen LogP contribution is -2.23. The third kappa shape index (κ3) is 4.40. The van der Waals surface area contributed by atoms with Crippen molar-refractivity contribution in [2.75, 3.05) is 5.75 Å². The van der Waals surface area contributed by atoms with Crippen molar-refractivity contribution in [3.63, 3.8) is 0 Å². The molecule has 0 aliphatic heterocycles. The molecule has 2 atom stereocenters. The molecule has 0 aliphatic rings. The van der Waals surface area contributed by atoms with Crippen LogP contribution in [0.5, 0.6) is 0 Å². The van der Waals surface area contributed by atoms with Gasteiger partial charge in [-0.1, -0.05) is 6.07 Å². The summed E-state index contributed by atoms with van der Waals surface area (Å²) in [6, 6.07) is 4.57. The molecule has 0 bridgehead atoms. The van der Waals surface area contributed by atoms with Gasteiger partial charge in [0.2, 0.25) is 0 Å². The maximum Gasteiger partial charge on any atom is 0.137 e. The molecule has 0 radical (unpaired) electrons. The van der Waals surface area contributed by atoms with Crippen LogP contribution in [-0.4, -0.2) is 16.0 Å². The third-order valence-electron chi connectivity index (χ3n) is 1.76. The molecule has 5 heteroatoms. The zero-order valence-electron chi connectivity index (χ0n) is 8.37. The first-order valence-corrected chi connectivity index (χ1v) is 6.81. The van der Waals surface area contributed by atoms with Crippen LogP contribution in [0.3, 0.4) is 0 Å². The smallest absolute Gasteiger partial charge is 0.137 e. The van der Waals surface area contributed by atoms with Crippen LogP contribution in [0, 0.1) is 5.82 Å². The average molecular weight is 294 g/mol. The first-order valence-electron chi connectivity index (χ1n) is 4.53. The predicted octanol–water partition coefficient (Wildman–Crippen LogP) is 2.18. The van der Waals surface area contributed by atoms with Gasteiger partial charge in [0.15, 0.2) is 0 Å². The molecule has 0 aromatic heterocycles. The molecule has 0 amide bonds. The van der Waals surface area contributed by atoms with Crippen molar-refractivity contribution in [2.45, 2.75) is 18.7 Å². The van der Waals surface area contributed by atoms with Gasteiger partial charge in [0.1, 0.15) is 5.82 Å². The average Bonchev–Trinajstić information content (AvgIpc) is 2.10. The highest BCUT2D eigenvalue weighted by atomic mass is 79.9. The molecule has 0 heterocycles. The Bertz CT molecular complexity index is 370. The fourth-order valence-electron chi connectivity index (χ4n) is 1.17. The molecule has 1 aromatic rings. The number of benzene rings is 1. The molecule has 2 N–H and O–H groups in total. The normalized spacial score (nSPS) is 14.9. The molecule has 1 aromatic carbocycles. The summed E-state index contributed by atoms with van der Waals surface area (Å²) in [5.74, 6) is 0.576. The van der Waals surface area contributed by atoms with Crippen LogP contribution < -0.4 is 5.73 Å². The molecule has 84 valence electrons. The fraction of sp³-hybridized carbons (Fsp3) is 0.400. The molecule has 0 spiro atoms. The molecule has 0 fully saturated rings. The van der Waals surface area contributed by atoms with E-state index in [1.54, 1.807) is 12.1 Å². The molecular weight excluding hydrogens is 281 g/mol. The summed E-state index contributed by atoms with van der Waals surface area (Å²) in [4.78, 5) is 0. The van der Waals surface area contributed by atoms with Crippen LogP contribution in [0.25, 0.3) is 0 Å². The second-order valence-electron chi connectivity index (χ2n) is 3.48. The van der Waals surface area contributed by atoms with E-state index in [9.17, 15) is 8.60 Å². The number of hydrogen-bond donors (Lipinski definition) is 1. The number of halogens is 2. The maximum absolute atomic E-state index is 12.9. The van der Waals surface area contributed by atoms with Gasteiger partial charge in [-0.25, -0.2) is 4.39 Å². The van der Waals surface area contributed by atoms with E-state index in [-0.39, 0.29) is 11.9 Å². The highest BCUT2D eigenvalue weighted by molar-refractivity contribution is 9.10. The van der Waals surface area contributed by atoms with E-state index in [0.29, 0.717) is 16.0 Å². The quantitative estimate of drug-likeness (QED) is 0.925. The highest BCUT2D eigenvalue weighted by Gasteiger charge is 2.06. The SMILES string of the molecule is CC(N)CS(=O)Cc1ccc(F)c(Br)c1. The molecule has 0 saturated heterocycles. The van der Waals surface area contributed by atoms with Gasteiger partial charge in [0.25, 0.3) is 0 Å². The van der Waals surface area contributed by atoms with Crippen LogP contribution in [-0.2, 0) is 16.6 Å². The molecule has 1 rings (SSSR count). The summed E-state index contributed by atoms with van der Waals surface area (Å²) in [6.45, 7) is 1.82. The maximum atomic E-state index is 12.9. The molecule has 2 unspecified atom stereocenters. The fourth-order valence-corrected chi connectivity index (χ4v) is 2.85. The molecular formula is C10H13BrFNOS. The lowest BCUT2D eigenvalue weighted by Gasteiger charge is -2.06. The van der Waals surface area contributed by atoms with E-state index < -0.39 is 10.8 Å². The minimum absolute atomic E-state index is 0.0743. The Morgan fingerprint density at radius 2 is 2.27 bits per heavy atom. The van der Waals surface area contributed by atoms with Crippen LogP contribution in [0.4, 0.5) is 4.39 Å². The van der Waals surface area contributed by atoms with Gasteiger partial charge in [-0.3, -0.25) is 4.21 Å². The van der Waals surface area contributed by atoms with E-state index in [0.717, 1.165) is 5.56 Å². The van der Waals surface area contributed by atoms with Crippen molar-refractivity contribution in [1.29, 1.82) is 0 Å². The number of hydrogen-bond acceptors (Lipinski definition) is 2. The standard InChI is InChI=1S/C10H13BrFNOS/c1-7(13)5-15(14)6-8-2-3-10(12)9(11)4-8/h2-4,7H,5-6,13H2,1H3. The summed E-state index contributed by atoms with van der Waals surface area (Å²) in [7, 11) is -0.984. The minimum atomic E-state index is -0.984. The Hall–Kier alpha value is -0.260. The van der Waals surface area contributed by atoms with Gasteiger partial charge in [0, 0.05) is 28.3 Å². The molecule has 0 saturated carbocycles. The lowest BCUT2D eigenvalue weighted by molar-refractivity contribution is 0.620. The van der Waals surface area contributed by atoms with Crippen molar-refractivity contribution < 1.29 is 8.60 Å². The van der Waals surface area contributed by atoms with Crippen LogP contribution in [0.15, 0.2) is 22.7 Å². The zero-order chi connectivity index (χ0) is 11.4. The summed E-state index contributed by atoms with van der Waals surface area (Å²) in [5.41, 5.74) is 6.39. The minimum Gasteiger partial charge on any atom is -0.327 e. The largest absolute Gasteiger partial charge is 0.327 e. The predicted molar refractivity (Wildman–Crippen MR) is 64.5 cm³/mol. The Morgan fingerprint density at radius 3 is 2.80 bits per heavy atom. The summed E-state index contributed by atoms with van der Waals surface area (Å²) in [6.07, 6.45) is 0. The highest BCUT2D eigenvalue weighted by Crippen LogP contribution is 2.17. The monoisotopic (exact) mass is 293 g/mol. The second-order valence-corrected chi connectivity index (χ2v) is 5.83. The molecule has 0 aliphatic carbocycles. The molecule has 2 nitrogen and oxygen atoms in total. The van der Waals surface area contributed by atoms with Crippen LogP contribution in [0.1, 0.15) is 12.5 Å². The first-order chi connectivity index (χ1) is 6.99. The van der Waals surface area contributed by atoms with Crippen molar-refractivity contribution in [2.24, 2.45) is 5.73 Å². The first kappa shape index (κ1) is 12.8. The Balaban J connectivity index is 2.65. The van der Waals surface area contributed by atoms with E-state index >= 15 is 0 Å². The van der Waals surface area contributed by atoms with Gasteiger partial charge >= 0.3 is 0 Å². The van der Waals surface area contributed by atoms with Crippen molar-refractivity contribution in [1.82, 2.24) is 0 Å². The second kappa shape index (κ2) is 5.72. The van der Waals surface area contributed by atoms with Gasteiger partial charge in [0.05, 0.1) is 4.47 Å². The summed E-state index contributed by atoms with van der Waals surface area (Å²) in [5, 5.41) is 0. The lowest BCUT2D eigenvalue weighted by atomic mass is 10.2. The van der Waals surface area contributed by atoms with Gasteiger partial charge in [-0.2, -0.15) is 0 Å². The van der Waals surface area contributed by atoms with E-state index in [1.807, 2.05) is 6.92 Å². The topological polar surface area (TPSA) is 43.1 Å². The van der Waals surface area contributed by atoms with Crippen LogP contribution in [0.2, 0.25) is 0 Å². The van der Waals surface area contributed by atoms with E-state index in [1.165, 1.54) is 6.07 Å². The summed E-state index contributed by atoms with van der Waals surface area (Å²) < 4.78 is 24.8. The van der Waals surface area contributed by atoms with Crippen molar-refractivity contribution >= 4 is 26.7 Å². The Kier molecular flexibility index (Phi) is 4.89. The zero-order valence-corrected chi connectivity index (χ0v) is 10.8.